The summed E-state index contributed by atoms with van der Waals surface area (Å²) in [6.45, 7) is 4.06. The van der Waals surface area contributed by atoms with Crippen molar-refractivity contribution in [1.29, 1.82) is 0 Å². The number of piperazine rings is 1. The highest BCUT2D eigenvalue weighted by Gasteiger charge is 2.25. The van der Waals surface area contributed by atoms with Crippen LogP contribution in [0.1, 0.15) is 24.2 Å². The van der Waals surface area contributed by atoms with Gasteiger partial charge in [-0.25, -0.2) is 14.0 Å². The van der Waals surface area contributed by atoms with Gasteiger partial charge >= 0.3 is 18.0 Å². The molecule has 0 saturated carbocycles. The van der Waals surface area contributed by atoms with Gasteiger partial charge in [0.1, 0.15) is 11.4 Å². The number of pyridine rings is 1. The highest BCUT2D eigenvalue weighted by molar-refractivity contribution is 5.93. The molecule has 1 aromatic heterocycles. The zero-order chi connectivity index (χ0) is 22.7. The standard InChI is InChI=1S/C20H22FN3O7/c1-3-22-10-14(19(27)28)18(26)13-8-15(21)17(9-16(13)22)23-4-6-24(7-5-23)20(29)31-11-30-12(2)25/h8-10H,3-7,11H2,1-2H3,(H,27,28). The summed E-state index contributed by atoms with van der Waals surface area (Å²) >= 11 is 0. The number of carboxylic acids is 1. The number of carbonyl (C=O) groups is 3. The number of benzene rings is 1. The maximum atomic E-state index is 14.9. The average Bonchev–Trinajstić information content (AvgIpc) is 2.73. The van der Waals surface area contributed by atoms with Crippen LogP contribution in [0.15, 0.2) is 23.1 Å². The molecule has 31 heavy (non-hydrogen) atoms. The van der Waals surface area contributed by atoms with Crippen molar-refractivity contribution in [1.82, 2.24) is 9.47 Å². The molecule has 1 amide bonds. The quantitative estimate of drug-likeness (QED) is 0.556. The van der Waals surface area contributed by atoms with E-state index in [1.165, 1.54) is 24.1 Å². The third kappa shape index (κ3) is 4.60. The van der Waals surface area contributed by atoms with Crippen molar-refractivity contribution in [3.63, 3.8) is 0 Å². The summed E-state index contributed by atoms with van der Waals surface area (Å²) in [5.74, 6) is -2.58. The smallest absolute Gasteiger partial charge is 0.412 e. The zero-order valence-electron chi connectivity index (χ0n) is 17.1. The molecule has 2 heterocycles. The molecule has 10 nitrogen and oxygen atoms in total. The normalized spacial score (nSPS) is 13.9. The lowest BCUT2D eigenvalue weighted by atomic mass is 10.1. The van der Waals surface area contributed by atoms with E-state index in [-0.39, 0.29) is 24.2 Å². The number of nitrogens with zero attached hydrogens (tertiary/aromatic N) is 3. The Kier molecular flexibility index (Phi) is 6.42. The van der Waals surface area contributed by atoms with Crippen LogP contribution in [0.2, 0.25) is 0 Å². The Balaban J connectivity index is 1.81. The summed E-state index contributed by atoms with van der Waals surface area (Å²) in [5.41, 5.74) is -0.470. The summed E-state index contributed by atoms with van der Waals surface area (Å²) in [6, 6.07) is 2.58. The number of carboxylic acid groups (broad SMARTS) is 1. The molecule has 0 bridgehead atoms. The Morgan fingerprint density at radius 3 is 2.39 bits per heavy atom. The van der Waals surface area contributed by atoms with Crippen LogP contribution in [0, 0.1) is 5.82 Å². The molecule has 1 aromatic carbocycles. The number of rotatable bonds is 5. The van der Waals surface area contributed by atoms with Crippen molar-refractivity contribution >= 4 is 34.6 Å². The largest absolute Gasteiger partial charge is 0.477 e. The fourth-order valence-corrected chi connectivity index (χ4v) is 3.44. The number of halogens is 1. The molecule has 1 N–H and O–H groups in total. The zero-order valence-corrected chi connectivity index (χ0v) is 17.1. The third-order valence-electron chi connectivity index (χ3n) is 5.04. The summed E-state index contributed by atoms with van der Waals surface area (Å²) in [6.07, 6.45) is 0.618. The van der Waals surface area contributed by atoms with E-state index in [0.29, 0.717) is 25.2 Å². The van der Waals surface area contributed by atoms with Gasteiger partial charge in [-0.1, -0.05) is 0 Å². The van der Waals surface area contributed by atoms with Gasteiger partial charge in [-0.2, -0.15) is 0 Å². The third-order valence-corrected chi connectivity index (χ3v) is 5.04. The Bertz CT molecular complexity index is 1090. The number of fused-ring (bicyclic) bond motifs is 1. The maximum Gasteiger partial charge on any atom is 0.412 e. The van der Waals surface area contributed by atoms with Crippen molar-refractivity contribution in [2.45, 2.75) is 20.4 Å². The minimum atomic E-state index is -1.37. The molecule has 0 unspecified atom stereocenters. The second kappa shape index (κ2) is 9.02. The molecular weight excluding hydrogens is 413 g/mol. The molecule has 11 heteroatoms. The van der Waals surface area contributed by atoms with Crippen molar-refractivity contribution < 1.29 is 33.4 Å². The molecule has 0 aliphatic carbocycles. The van der Waals surface area contributed by atoms with Crippen LogP contribution >= 0.6 is 0 Å². The number of hydrogen-bond donors (Lipinski definition) is 1. The van der Waals surface area contributed by atoms with Gasteiger partial charge in [0.2, 0.25) is 12.2 Å². The molecule has 1 fully saturated rings. The first-order valence-corrected chi connectivity index (χ1v) is 9.63. The van der Waals surface area contributed by atoms with Gasteiger partial charge in [0.25, 0.3) is 0 Å². The Hall–Kier alpha value is -3.63. The molecule has 0 atom stereocenters. The number of amides is 1. The summed E-state index contributed by atoms with van der Waals surface area (Å²) in [7, 11) is 0. The fourth-order valence-electron chi connectivity index (χ4n) is 3.44. The topological polar surface area (TPSA) is 118 Å². The Morgan fingerprint density at radius 2 is 1.81 bits per heavy atom. The highest BCUT2D eigenvalue weighted by atomic mass is 19.1. The number of ether oxygens (including phenoxy) is 2. The Morgan fingerprint density at radius 1 is 1.13 bits per heavy atom. The first kappa shape index (κ1) is 22.1. The van der Waals surface area contributed by atoms with Gasteiger partial charge in [-0.3, -0.25) is 9.59 Å². The number of carbonyl (C=O) groups excluding carboxylic acids is 2. The van der Waals surface area contributed by atoms with Crippen LogP contribution in [0.4, 0.5) is 14.9 Å². The molecule has 0 spiro atoms. The van der Waals surface area contributed by atoms with Crippen LogP contribution in [-0.2, 0) is 20.8 Å². The minimum absolute atomic E-state index is 0.00400. The average molecular weight is 435 g/mol. The lowest BCUT2D eigenvalue weighted by Gasteiger charge is -2.35. The van der Waals surface area contributed by atoms with Crippen molar-refractivity contribution in [2.24, 2.45) is 0 Å². The van der Waals surface area contributed by atoms with Crippen LogP contribution in [0.5, 0.6) is 0 Å². The van der Waals surface area contributed by atoms with Gasteiger partial charge in [-0.15, -0.1) is 0 Å². The summed E-state index contributed by atoms with van der Waals surface area (Å²) in [4.78, 5) is 49.7. The van der Waals surface area contributed by atoms with Crippen LogP contribution in [0.3, 0.4) is 0 Å². The molecular formula is C20H22FN3O7. The van der Waals surface area contributed by atoms with E-state index in [0.717, 1.165) is 6.07 Å². The first-order valence-electron chi connectivity index (χ1n) is 9.63. The van der Waals surface area contributed by atoms with E-state index in [1.807, 2.05) is 0 Å². The minimum Gasteiger partial charge on any atom is -0.477 e. The van der Waals surface area contributed by atoms with E-state index < -0.39 is 41.6 Å². The Labute approximate surface area is 176 Å². The van der Waals surface area contributed by atoms with E-state index in [9.17, 15) is 28.7 Å². The number of anilines is 1. The van der Waals surface area contributed by atoms with Gasteiger partial charge in [0, 0.05) is 51.2 Å². The second-order valence-corrected chi connectivity index (χ2v) is 6.92. The van der Waals surface area contributed by atoms with Crippen LogP contribution in [0.25, 0.3) is 10.9 Å². The predicted molar refractivity (Wildman–Crippen MR) is 108 cm³/mol. The predicted octanol–water partition coefficient (Wildman–Crippen LogP) is 1.64. The van der Waals surface area contributed by atoms with Crippen LogP contribution < -0.4 is 10.3 Å². The molecule has 2 aromatic rings. The van der Waals surface area contributed by atoms with Gasteiger partial charge in [-0.05, 0) is 19.1 Å². The van der Waals surface area contributed by atoms with E-state index in [1.54, 1.807) is 16.4 Å². The number of aromatic nitrogens is 1. The summed E-state index contributed by atoms with van der Waals surface area (Å²) < 4.78 is 25.9. The van der Waals surface area contributed by atoms with Crippen molar-refractivity contribution in [3.8, 4) is 0 Å². The lowest BCUT2D eigenvalue weighted by molar-refractivity contribution is -0.149. The van der Waals surface area contributed by atoms with Crippen LogP contribution in [-0.4, -0.2) is 65.6 Å². The molecule has 3 rings (SSSR count). The van der Waals surface area contributed by atoms with Gasteiger partial charge in [0.05, 0.1) is 11.2 Å². The second-order valence-electron chi connectivity index (χ2n) is 6.92. The molecule has 0 radical (unpaired) electrons. The summed E-state index contributed by atoms with van der Waals surface area (Å²) in [5, 5.41) is 9.24. The molecule has 166 valence electrons. The van der Waals surface area contributed by atoms with Crippen molar-refractivity contribution in [3.05, 3.63) is 39.9 Å². The number of aromatic carboxylic acids is 1. The number of aryl methyl sites for hydroxylation is 1. The maximum absolute atomic E-state index is 14.9. The van der Waals surface area contributed by atoms with Gasteiger partial charge in [0.15, 0.2) is 0 Å². The SMILES string of the molecule is CCn1cc(C(=O)O)c(=O)c2cc(F)c(N3CCN(C(=O)OCOC(C)=O)CC3)cc21. The highest BCUT2D eigenvalue weighted by Crippen LogP contribution is 2.26. The molecule has 1 saturated heterocycles. The first-order chi connectivity index (χ1) is 14.7. The lowest BCUT2D eigenvalue weighted by Crippen LogP contribution is -2.49. The van der Waals surface area contributed by atoms with E-state index >= 15 is 0 Å². The molecule has 1 aliphatic heterocycles. The fraction of sp³-hybridized carbons (Fsp3) is 0.400. The van der Waals surface area contributed by atoms with Gasteiger partial charge < -0.3 is 28.9 Å². The number of esters is 1. The monoisotopic (exact) mass is 435 g/mol. The number of hydrogen-bond acceptors (Lipinski definition) is 7. The molecule has 1 aliphatic rings. The van der Waals surface area contributed by atoms with Crippen molar-refractivity contribution in [2.75, 3.05) is 37.9 Å². The van der Waals surface area contributed by atoms with E-state index in [4.69, 9.17) is 4.74 Å². The van der Waals surface area contributed by atoms with E-state index in [2.05, 4.69) is 4.74 Å².